The molecule has 0 fully saturated rings. The molecule has 0 aliphatic carbocycles. The van der Waals surface area contributed by atoms with Crippen LogP contribution < -0.4 is 4.90 Å². The minimum absolute atomic E-state index is 0.00138. The van der Waals surface area contributed by atoms with Gasteiger partial charge < -0.3 is 13.9 Å². The summed E-state index contributed by atoms with van der Waals surface area (Å²) in [6.45, 7) is 0. The number of fused-ring (bicyclic) bond motifs is 8. The molecule has 0 amide bonds. The van der Waals surface area contributed by atoms with Crippen molar-refractivity contribution in [3.05, 3.63) is 230 Å². The van der Waals surface area contributed by atoms with E-state index in [1.54, 1.807) is 6.07 Å². The lowest BCUT2D eigenvalue weighted by molar-refractivity contribution is 0.669. The van der Waals surface area contributed by atoms with Gasteiger partial charge in [-0.2, -0.15) is 0 Å². The summed E-state index contributed by atoms with van der Waals surface area (Å²) in [6.07, 6.45) is 0. The van der Waals surface area contributed by atoms with Gasteiger partial charge >= 0.3 is 0 Å². The molecule has 3 nitrogen and oxygen atoms in total. The van der Waals surface area contributed by atoms with E-state index in [1.807, 2.05) is 72.8 Å². The van der Waals surface area contributed by atoms with Gasteiger partial charge in [0.25, 0.3) is 0 Å². The van der Waals surface area contributed by atoms with Gasteiger partial charge in [-0.25, -0.2) is 0 Å². The number of anilines is 3. The van der Waals surface area contributed by atoms with Crippen molar-refractivity contribution < 1.29 is 20.9 Å². The molecule has 0 radical (unpaired) electrons. The second kappa shape index (κ2) is 14.3. The van der Waals surface area contributed by atoms with Crippen LogP contribution in [0.4, 0.5) is 17.1 Å². The van der Waals surface area contributed by atoms with Crippen LogP contribution in [-0.2, 0) is 0 Å². The van der Waals surface area contributed by atoms with Gasteiger partial charge in [0.1, 0.15) is 11.2 Å². The normalized spacial score (nSPS) is 14.4. The third kappa shape index (κ3) is 5.98. The predicted molar refractivity (Wildman–Crippen MR) is 257 cm³/mol. The molecule has 0 N–H and O–H groups in total. The molecule has 286 valence electrons. The average Bonchev–Trinajstić information content (AvgIpc) is 3.98. The first-order valence-corrected chi connectivity index (χ1v) is 19.9. The van der Waals surface area contributed by atoms with E-state index in [2.05, 4.69) is 83.8 Å². The molecule has 0 spiro atoms. The Kier molecular flexibility index (Phi) is 5.79. The average molecular weight is 791 g/mol. The number of benzene rings is 10. The van der Waals surface area contributed by atoms with Crippen molar-refractivity contribution in [3.63, 3.8) is 0 Å². The fraction of sp³-hybridized carbons (Fsp3) is 0. The molecule has 61 heavy (non-hydrogen) atoms. The fourth-order valence-electron chi connectivity index (χ4n) is 8.43. The van der Waals surface area contributed by atoms with Gasteiger partial charge in [-0.1, -0.05) is 145 Å². The largest absolute Gasteiger partial charge is 0.456 e. The number of hydrogen-bond donors (Lipinski definition) is 0. The molecule has 2 heterocycles. The summed E-state index contributed by atoms with van der Waals surface area (Å²) in [5.74, 6) is 0. The van der Waals surface area contributed by atoms with E-state index in [1.165, 1.54) is 0 Å². The number of furan rings is 1. The minimum atomic E-state index is -0.698. The zero-order valence-corrected chi connectivity index (χ0v) is 32.3. The summed E-state index contributed by atoms with van der Waals surface area (Å²) in [5, 5.41) is 2.81. The molecule has 12 rings (SSSR count). The van der Waals surface area contributed by atoms with Gasteiger partial charge in [-0.05, 0) is 129 Å². The highest BCUT2D eigenvalue weighted by atomic mass is 16.3. The summed E-state index contributed by atoms with van der Waals surface area (Å²) in [4.78, 5) is 2.19. The molecule has 3 heteroatoms. The molecule has 0 bridgehead atoms. The monoisotopic (exact) mass is 790 g/mol. The lowest BCUT2D eigenvalue weighted by Crippen LogP contribution is -2.09. The van der Waals surface area contributed by atoms with E-state index in [4.69, 9.17) is 16.8 Å². The molecule has 10 aromatic carbocycles. The number of hydrogen-bond acceptors (Lipinski definition) is 2. The van der Waals surface area contributed by atoms with Crippen LogP contribution in [0.1, 0.15) is 16.4 Å². The van der Waals surface area contributed by atoms with Gasteiger partial charge in [0.15, 0.2) is 0 Å². The van der Waals surface area contributed by atoms with Crippen LogP contribution in [0.25, 0.3) is 93.6 Å². The minimum Gasteiger partial charge on any atom is -0.456 e. The van der Waals surface area contributed by atoms with Crippen LogP contribution in [0.15, 0.2) is 235 Å². The molecular weight excluding hydrogens is 741 g/mol. The van der Waals surface area contributed by atoms with Crippen molar-refractivity contribution in [3.8, 4) is 39.1 Å². The molecule has 0 saturated carbocycles. The lowest BCUT2D eigenvalue weighted by atomic mass is 9.97. The highest BCUT2D eigenvalue weighted by molar-refractivity contribution is 6.20. The third-order valence-corrected chi connectivity index (χ3v) is 11.3. The van der Waals surface area contributed by atoms with Gasteiger partial charge in [0, 0.05) is 44.3 Å². The topological polar surface area (TPSA) is 21.3 Å². The molecule has 0 atom stereocenters. The molecule has 0 aliphatic heterocycles. The third-order valence-electron chi connectivity index (χ3n) is 11.3. The van der Waals surface area contributed by atoms with Crippen molar-refractivity contribution in [2.75, 3.05) is 4.90 Å². The van der Waals surface area contributed by atoms with Crippen molar-refractivity contribution in [2.24, 2.45) is 0 Å². The highest BCUT2D eigenvalue weighted by Crippen LogP contribution is 2.43. The van der Waals surface area contributed by atoms with Gasteiger partial charge in [-0.3, -0.25) is 0 Å². The van der Waals surface area contributed by atoms with E-state index < -0.39 is 72.2 Å². The quantitative estimate of drug-likeness (QED) is 0.160. The molecule has 0 unspecified atom stereocenters. The highest BCUT2D eigenvalue weighted by Gasteiger charge is 2.19. The van der Waals surface area contributed by atoms with E-state index in [0.29, 0.717) is 16.7 Å². The summed E-state index contributed by atoms with van der Waals surface area (Å²) in [7, 11) is 0. The number of para-hydroxylation sites is 2. The van der Waals surface area contributed by atoms with Crippen LogP contribution in [-0.4, -0.2) is 4.57 Å². The van der Waals surface area contributed by atoms with Crippen LogP contribution in [0, 0.1) is 0 Å². The maximum absolute atomic E-state index is 9.83. The second-order valence-electron chi connectivity index (χ2n) is 14.8. The zero-order valence-electron chi connectivity index (χ0n) is 44.3. The van der Waals surface area contributed by atoms with Gasteiger partial charge in [0.2, 0.25) is 0 Å². The first-order chi connectivity index (χ1) is 35.2. The van der Waals surface area contributed by atoms with Crippen molar-refractivity contribution in [1.82, 2.24) is 4.57 Å². The van der Waals surface area contributed by atoms with Crippen LogP contribution in [0.3, 0.4) is 0 Å². The summed E-state index contributed by atoms with van der Waals surface area (Å²) >= 11 is 0. The van der Waals surface area contributed by atoms with Crippen molar-refractivity contribution >= 4 is 71.6 Å². The molecule has 0 saturated heterocycles. The van der Waals surface area contributed by atoms with Crippen LogP contribution in [0.5, 0.6) is 0 Å². The van der Waals surface area contributed by atoms with E-state index in [9.17, 15) is 4.11 Å². The number of nitrogens with zero attached hydrogens (tertiary/aromatic N) is 2. The number of aromatic nitrogens is 1. The van der Waals surface area contributed by atoms with Crippen molar-refractivity contribution in [2.45, 2.75) is 0 Å². The van der Waals surface area contributed by atoms with Gasteiger partial charge in [-0.15, -0.1) is 0 Å². The Labute approximate surface area is 370 Å². The standard InChI is InChI=1S/C58H38N2O/c1-4-12-39(13-5-1)41-22-28-47(29-23-41)59(48-30-24-42(25-31-48)40-14-6-2-7-15-40)49-32-35-56-53(38-49)58-51-36-44(21-20-43(51)27-34-57(58)61-56)45-26-33-55-52(37-45)50-18-10-11-19-54(50)60(55)46-16-8-3-9-17-46/h1-38H/i3D,8D,9D,10D,11D,16D,17D,18D,19D,26D,33D,37D. The molecule has 2 aromatic heterocycles. The molecular formula is C58H38N2O. The fourth-order valence-corrected chi connectivity index (χ4v) is 8.43. The maximum atomic E-state index is 9.83. The van der Waals surface area contributed by atoms with E-state index in [0.717, 1.165) is 65.4 Å². The van der Waals surface area contributed by atoms with Crippen LogP contribution in [0.2, 0.25) is 0 Å². The predicted octanol–water partition coefficient (Wildman–Crippen LogP) is 16.3. The van der Waals surface area contributed by atoms with Crippen molar-refractivity contribution in [1.29, 1.82) is 0 Å². The first kappa shape index (κ1) is 24.7. The summed E-state index contributed by atoms with van der Waals surface area (Å²) < 4.78 is 115. The Morgan fingerprint density at radius 2 is 0.967 bits per heavy atom. The van der Waals surface area contributed by atoms with Gasteiger partial charge in [0.05, 0.1) is 27.5 Å². The number of rotatable bonds is 7. The van der Waals surface area contributed by atoms with E-state index >= 15 is 0 Å². The molecule has 12 aromatic rings. The second-order valence-corrected chi connectivity index (χ2v) is 14.8. The SMILES string of the molecule is [2H]c1c([2H])c([2H])c(-n2c3c([2H])c([2H])c([2H])c([2H])c3c3c([2H])c(-c4ccc5ccc6oc7ccc(N(c8ccc(-c9ccccc9)cc8)c8ccc(-c9ccccc9)cc8)cc7c6c5c4)c([2H])c([2H])c32)c([2H])c1[2H]. The summed E-state index contributed by atoms with van der Waals surface area (Å²) in [6, 6.07) is 45.5. The Morgan fingerprint density at radius 1 is 0.393 bits per heavy atom. The summed E-state index contributed by atoms with van der Waals surface area (Å²) in [5.41, 5.74) is 7.66. The first-order valence-electron chi connectivity index (χ1n) is 25.9. The Bertz CT molecular complexity index is 4160. The van der Waals surface area contributed by atoms with E-state index in [-0.39, 0.29) is 33.4 Å². The molecule has 0 aliphatic rings. The van der Waals surface area contributed by atoms with Crippen LogP contribution >= 0.6 is 0 Å². The lowest BCUT2D eigenvalue weighted by Gasteiger charge is -2.26. The maximum Gasteiger partial charge on any atom is 0.136 e. The smallest absolute Gasteiger partial charge is 0.136 e. The zero-order chi connectivity index (χ0) is 50.7. The Morgan fingerprint density at radius 3 is 1.67 bits per heavy atom. The Hall–Kier alpha value is -8.14. The Balaban J connectivity index is 1.07.